The zero-order valence-electron chi connectivity index (χ0n) is 17.5. The average Bonchev–Trinajstić information content (AvgIpc) is 3.07. The first-order valence-corrected chi connectivity index (χ1v) is 10.6. The first-order valence-electron chi connectivity index (χ1n) is 9.78. The predicted molar refractivity (Wildman–Crippen MR) is 120 cm³/mol. The second kappa shape index (κ2) is 8.84. The lowest BCUT2D eigenvalue weighted by Gasteiger charge is -2.22. The molecular weight excluding hydrogens is 366 g/mol. The van der Waals surface area contributed by atoms with E-state index in [1.165, 1.54) is 11.1 Å². The van der Waals surface area contributed by atoms with Gasteiger partial charge in [0.2, 0.25) is 5.91 Å². The maximum absolute atomic E-state index is 13.3. The number of benzene rings is 2. The molecule has 0 aliphatic carbocycles. The molecule has 0 aliphatic heterocycles. The molecule has 0 unspecified atom stereocenters. The third-order valence-corrected chi connectivity index (χ3v) is 6.04. The highest BCUT2D eigenvalue weighted by atomic mass is 32.1. The van der Waals surface area contributed by atoms with E-state index in [9.17, 15) is 4.79 Å². The van der Waals surface area contributed by atoms with Crippen LogP contribution in [0.3, 0.4) is 0 Å². The Hall–Kier alpha value is -2.24. The van der Waals surface area contributed by atoms with Gasteiger partial charge in [0.25, 0.3) is 0 Å². The van der Waals surface area contributed by atoms with E-state index in [0.717, 1.165) is 39.4 Å². The van der Waals surface area contributed by atoms with Crippen molar-refractivity contribution in [3.05, 3.63) is 58.7 Å². The van der Waals surface area contributed by atoms with Gasteiger partial charge in [-0.3, -0.25) is 9.69 Å². The van der Waals surface area contributed by atoms with Gasteiger partial charge in [-0.2, -0.15) is 0 Å². The number of nitrogens with zero attached hydrogens (tertiary/aromatic N) is 3. The van der Waals surface area contributed by atoms with Crippen molar-refractivity contribution in [1.82, 2.24) is 9.88 Å². The van der Waals surface area contributed by atoms with Crippen molar-refractivity contribution < 1.29 is 4.79 Å². The first-order chi connectivity index (χ1) is 13.4. The van der Waals surface area contributed by atoms with Crippen molar-refractivity contribution >= 4 is 32.6 Å². The molecule has 0 radical (unpaired) electrons. The van der Waals surface area contributed by atoms with Gasteiger partial charge < -0.3 is 4.90 Å². The molecule has 148 valence electrons. The Morgan fingerprint density at radius 1 is 1.07 bits per heavy atom. The quantitative estimate of drug-likeness (QED) is 0.586. The van der Waals surface area contributed by atoms with Gasteiger partial charge >= 0.3 is 0 Å². The number of thiazole rings is 1. The van der Waals surface area contributed by atoms with Crippen LogP contribution in [0.4, 0.5) is 5.13 Å². The van der Waals surface area contributed by atoms with E-state index in [1.54, 1.807) is 11.3 Å². The number of aromatic nitrogens is 1. The van der Waals surface area contributed by atoms with Gasteiger partial charge in [0.15, 0.2) is 5.13 Å². The van der Waals surface area contributed by atoms with E-state index in [4.69, 9.17) is 4.98 Å². The summed E-state index contributed by atoms with van der Waals surface area (Å²) in [6, 6.07) is 12.7. The molecule has 0 N–H and O–H groups in total. The second-order valence-electron chi connectivity index (χ2n) is 7.61. The van der Waals surface area contributed by atoms with Crippen LogP contribution in [0.5, 0.6) is 0 Å². The molecule has 1 aromatic heterocycles. The van der Waals surface area contributed by atoms with E-state index < -0.39 is 0 Å². The standard InChI is InChI=1S/C23H29N3OS/c1-6-18-9-10-20-21(14-18)28-23(24-20)26(12-11-25(4)5)22(27)15-19-13-16(2)7-8-17(19)3/h7-10,13-14H,6,11-12,15H2,1-5H3. The summed E-state index contributed by atoms with van der Waals surface area (Å²) in [6.45, 7) is 7.72. The van der Waals surface area contributed by atoms with Crippen molar-refractivity contribution in [2.24, 2.45) is 0 Å². The van der Waals surface area contributed by atoms with E-state index in [1.807, 2.05) is 19.0 Å². The fraction of sp³-hybridized carbons (Fsp3) is 0.391. The molecule has 0 aliphatic rings. The molecular formula is C23H29N3OS. The van der Waals surface area contributed by atoms with Gasteiger partial charge in [-0.1, -0.05) is 48.1 Å². The summed E-state index contributed by atoms with van der Waals surface area (Å²) in [5, 5.41) is 0.792. The molecule has 0 atom stereocenters. The topological polar surface area (TPSA) is 36.4 Å². The molecule has 0 bridgehead atoms. The van der Waals surface area contributed by atoms with Gasteiger partial charge in [-0.15, -0.1) is 0 Å². The minimum absolute atomic E-state index is 0.102. The van der Waals surface area contributed by atoms with Gasteiger partial charge in [0.1, 0.15) is 0 Å². The second-order valence-corrected chi connectivity index (χ2v) is 8.62. The van der Waals surface area contributed by atoms with Crippen molar-refractivity contribution in [2.45, 2.75) is 33.6 Å². The average molecular weight is 396 g/mol. The third kappa shape index (κ3) is 4.78. The summed E-state index contributed by atoms with van der Waals surface area (Å²) in [4.78, 5) is 22.0. The normalized spacial score (nSPS) is 11.4. The van der Waals surface area contributed by atoms with Crippen molar-refractivity contribution in [1.29, 1.82) is 0 Å². The smallest absolute Gasteiger partial charge is 0.233 e. The Balaban J connectivity index is 1.91. The molecule has 3 aromatic rings. The van der Waals surface area contributed by atoms with Gasteiger partial charge in [0.05, 0.1) is 16.6 Å². The summed E-state index contributed by atoms with van der Waals surface area (Å²) in [7, 11) is 4.05. The predicted octanol–water partition coefficient (Wildman–Crippen LogP) is 4.61. The Labute approximate surface area is 171 Å². The number of rotatable bonds is 7. The third-order valence-electron chi connectivity index (χ3n) is 5.00. The number of anilines is 1. The molecule has 0 saturated carbocycles. The SMILES string of the molecule is CCc1ccc2nc(N(CCN(C)C)C(=O)Cc3cc(C)ccc3C)sc2c1. The zero-order valence-corrected chi connectivity index (χ0v) is 18.3. The summed E-state index contributed by atoms with van der Waals surface area (Å²) < 4.78 is 1.14. The molecule has 3 rings (SSSR count). The summed E-state index contributed by atoms with van der Waals surface area (Å²) in [5.41, 5.74) is 5.69. The van der Waals surface area contributed by atoms with Crippen LogP contribution in [0.1, 0.15) is 29.2 Å². The molecule has 1 amide bonds. The van der Waals surface area contributed by atoms with Crippen LogP contribution in [0.15, 0.2) is 36.4 Å². The lowest BCUT2D eigenvalue weighted by molar-refractivity contribution is -0.118. The van der Waals surface area contributed by atoms with Gasteiger partial charge in [-0.25, -0.2) is 4.98 Å². The van der Waals surface area contributed by atoms with Crippen LogP contribution >= 0.6 is 11.3 Å². The molecule has 5 heteroatoms. The van der Waals surface area contributed by atoms with E-state index in [2.05, 4.69) is 62.1 Å². The Morgan fingerprint density at radius 3 is 2.57 bits per heavy atom. The number of carbonyl (C=O) groups is 1. The molecule has 2 aromatic carbocycles. The van der Waals surface area contributed by atoms with Gasteiger partial charge in [0, 0.05) is 13.1 Å². The number of hydrogen-bond donors (Lipinski definition) is 0. The van der Waals surface area contributed by atoms with Crippen LogP contribution in [-0.2, 0) is 17.6 Å². The van der Waals surface area contributed by atoms with Crippen LogP contribution < -0.4 is 4.90 Å². The van der Waals surface area contributed by atoms with Crippen LogP contribution in [0.2, 0.25) is 0 Å². The van der Waals surface area contributed by atoms with E-state index >= 15 is 0 Å². The zero-order chi connectivity index (χ0) is 20.3. The number of carbonyl (C=O) groups excluding carboxylic acids is 1. The van der Waals surface area contributed by atoms with Crippen LogP contribution in [-0.4, -0.2) is 43.0 Å². The summed E-state index contributed by atoms with van der Waals surface area (Å²) in [6.07, 6.45) is 1.40. The fourth-order valence-corrected chi connectivity index (χ4v) is 4.24. The summed E-state index contributed by atoms with van der Waals surface area (Å²) >= 11 is 1.61. The number of fused-ring (bicyclic) bond motifs is 1. The number of aryl methyl sites for hydroxylation is 3. The highest BCUT2D eigenvalue weighted by Gasteiger charge is 2.21. The lowest BCUT2D eigenvalue weighted by Crippen LogP contribution is -2.37. The van der Waals surface area contributed by atoms with Gasteiger partial charge in [-0.05, 0) is 63.2 Å². The fourth-order valence-electron chi connectivity index (χ4n) is 3.17. The molecule has 28 heavy (non-hydrogen) atoms. The molecule has 1 heterocycles. The Kier molecular flexibility index (Phi) is 6.47. The number of amides is 1. The van der Waals surface area contributed by atoms with Crippen LogP contribution in [0.25, 0.3) is 10.2 Å². The first kappa shape index (κ1) is 20.5. The van der Waals surface area contributed by atoms with E-state index in [0.29, 0.717) is 13.0 Å². The Morgan fingerprint density at radius 2 is 1.86 bits per heavy atom. The highest BCUT2D eigenvalue weighted by molar-refractivity contribution is 7.22. The monoisotopic (exact) mass is 395 g/mol. The maximum Gasteiger partial charge on any atom is 0.233 e. The minimum Gasteiger partial charge on any atom is -0.308 e. The summed E-state index contributed by atoms with van der Waals surface area (Å²) in [5.74, 6) is 0.102. The number of likely N-dealkylation sites (N-methyl/N-ethyl adjacent to an activating group) is 1. The minimum atomic E-state index is 0.102. The molecule has 0 saturated heterocycles. The Bertz CT molecular complexity index is 977. The molecule has 4 nitrogen and oxygen atoms in total. The van der Waals surface area contributed by atoms with Crippen LogP contribution in [0, 0.1) is 13.8 Å². The number of hydrogen-bond acceptors (Lipinski definition) is 4. The highest BCUT2D eigenvalue weighted by Crippen LogP contribution is 2.30. The van der Waals surface area contributed by atoms with E-state index in [-0.39, 0.29) is 5.91 Å². The van der Waals surface area contributed by atoms with Crippen molar-refractivity contribution in [3.63, 3.8) is 0 Å². The van der Waals surface area contributed by atoms with Crippen molar-refractivity contribution in [2.75, 3.05) is 32.1 Å². The maximum atomic E-state index is 13.3. The lowest BCUT2D eigenvalue weighted by atomic mass is 10.0. The molecule has 0 spiro atoms. The van der Waals surface area contributed by atoms with Crippen molar-refractivity contribution in [3.8, 4) is 0 Å². The largest absolute Gasteiger partial charge is 0.308 e. The molecule has 0 fully saturated rings.